The number of ether oxygens (including phenoxy) is 1. The van der Waals surface area contributed by atoms with Gasteiger partial charge in [0.1, 0.15) is 5.75 Å². The molecule has 0 aliphatic carbocycles. The average Bonchev–Trinajstić information content (AvgIpc) is 3.68. The maximum atomic E-state index is 7.05. The van der Waals surface area contributed by atoms with Gasteiger partial charge in [0.05, 0.1) is 0 Å². The minimum Gasteiger partial charge on any atom is -0.473 e. The van der Waals surface area contributed by atoms with E-state index in [2.05, 4.69) is 117 Å². The van der Waals surface area contributed by atoms with Crippen LogP contribution in [-0.4, -0.2) is 26.2 Å². The first kappa shape index (κ1) is 22.9. The monoisotopic (exact) mass is 550 g/mol. The van der Waals surface area contributed by atoms with E-state index >= 15 is 0 Å². The Morgan fingerprint density at radius 1 is 0.649 bits per heavy atom. The van der Waals surface area contributed by atoms with Gasteiger partial charge < -0.3 is 14.5 Å². The molecular formula is C33H31BrN2O. The van der Waals surface area contributed by atoms with Crippen molar-refractivity contribution < 1.29 is 4.74 Å². The maximum absolute atomic E-state index is 7.05. The smallest absolute Gasteiger partial charge is 0.178 e. The normalized spacial score (nSPS) is 18.3. The van der Waals surface area contributed by atoms with Gasteiger partial charge in [-0.05, 0) is 79.6 Å². The van der Waals surface area contributed by atoms with Gasteiger partial charge in [-0.25, -0.2) is 0 Å². The zero-order chi connectivity index (χ0) is 24.8. The van der Waals surface area contributed by atoms with Crippen LogP contribution in [0.5, 0.6) is 5.75 Å². The molecule has 0 aromatic heterocycles. The molecule has 186 valence electrons. The molecule has 0 amide bonds. The molecule has 0 atom stereocenters. The molecule has 0 spiro atoms. The Kier molecular flexibility index (Phi) is 5.73. The lowest BCUT2D eigenvalue weighted by atomic mass is 9.83. The Morgan fingerprint density at radius 2 is 1.22 bits per heavy atom. The third kappa shape index (κ3) is 3.93. The first-order valence-electron chi connectivity index (χ1n) is 13.5. The molecule has 0 bridgehead atoms. The molecule has 0 saturated carbocycles. The van der Waals surface area contributed by atoms with Crippen molar-refractivity contribution in [2.75, 3.05) is 36.0 Å². The number of hydrogen-bond acceptors (Lipinski definition) is 3. The minimum absolute atomic E-state index is 0.686. The first-order chi connectivity index (χ1) is 18.2. The quantitative estimate of drug-likeness (QED) is 0.255. The van der Waals surface area contributed by atoms with Gasteiger partial charge in [-0.1, -0.05) is 58.4 Å². The van der Waals surface area contributed by atoms with Gasteiger partial charge in [0.15, 0.2) is 5.60 Å². The molecule has 3 heterocycles. The molecule has 3 nitrogen and oxygen atoms in total. The van der Waals surface area contributed by atoms with E-state index in [1.54, 1.807) is 0 Å². The number of hydrogen-bond donors (Lipinski definition) is 0. The second-order valence-electron chi connectivity index (χ2n) is 10.5. The van der Waals surface area contributed by atoms with E-state index in [4.69, 9.17) is 4.74 Å². The summed E-state index contributed by atoms with van der Waals surface area (Å²) in [7, 11) is 0. The molecule has 37 heavy (non-hydrogen) atoms. The summed E-state index contributed by atoms with van der Waals surface area (Å²) in [4.78, 5) is 4.97. The van der Waals surface area contributed by atoms with Gasteiger partial charge in [-0.15, -0.1) is 0 Å². The number of halogens is 1. The minimum atomic E-state index is -0.686. The topological polar surface area (TPSA) is 15.7 Å². The van der Waals surface area contributed by atoms with Crippen molar-refractivity contribution in [2.24, 2.45) is 0 Å². The number of benzene rings is 4. The third-order valence-electron chi connectivity index (χ3n) is 8.29. The summed E-state index contributed by atoms with van der Waals surface area (Å²) >= 11 is 3.78. The van der Waals surface area contributed by atoms with E-state index in [-0.39, 0.29) is 0 Å². The van der Waals surface area contributed by atoms with Crippen LogP contribution in [0.2, 0.25) is 0 Å². The number of fused-ring (bicyclic) bond motifs is 3. The van der Waals surface area contributed by atoms with E-state index in [9.17, 15) is 0 Å². The summed E-state index contributed by atoms with van der Waals surface area (Å²) < 4.78 is 8.14. The fourth-order valence-corrected chi connectivity index (χ4v) is 6.87. The van der Waals surface area contributed by atoms with E-state index in [0.717, 1.165) is 53.1 Å². The summed E-state index contributed by atoms with van der Waals surface area (Å²) in [5.41, 5.74) is 5.35. The molecular weight excluding hydrogens is 520 g/mol. The van der Waals surface area contributed by atoms with E-state index in [1.165, 1.54) is 47.8 Å². The van der Waals surface area contributed by atoms with E-state index in [0.29, 0.717) is 0 Å². The van der Waals surface area contributed by atoms with Crippen LogP contribution in [-0.2, 0) is 5.60 Å². The maximum Gasteiger partial charge on any atom is 0.178 e. The SMILES string of the molecule is Brc1cccc2ccc3c(c12)C=CC(c1ccc(N2CCCC2)cc1)(c1ccc(N2CCCC2)cc1)O3. The van der Waals surface area contributed by atoms with Crippen molar-refractivity contribution in [1.29, 1.82) is 0 Å². The second kappa shape index (κ2) is 9.25. The van der Waals surface area contributed by atoms with Crippen molar-refractivity contribution >= 4 is 44.2 Å². The number of rotatable bonds is 4. The zero-order valence-electron chi connectivity index (χ0n) is 21.0. The van der Waals surface area contributed by atoms with Gasteiger partial charge in [0.25, 0.3) is 0 Å². The average molecular weight is 552 g/mol. The predicted molar refractivity (Wildman–Crippen MR) is 158 cm³/mol. The molecule has 3 aliphatic rings. The highest BCUT2D eigenvalue weighted by molar-refractivity contribution is 9.10. The van der Waals surface area contributed by atoms with Crippen LogP contribution >= 0.6 is 15.9 Å². The molecule has 2 fully saturated rings. The van der Waals surface area contributed by atoms with Crippen molar-refractivity contribution in [3.05, 3.63) is 106 Å². The van der Waals surface area contributed by atoms with Gasteiger partial charge in [-0.2, -0.15) is 0 Å². The standard InChI is InChI=1S/C33H31BrN2O/c34-30-7-5-6-24-8-17-31-29(32(24)30)18-19-33(37-31,25-9-13-27(14-10-25)35-20-1-2-21-35)26-11-15-28(16-12-26)36-22-3-4-23-36/h5-19H,1-4,20-23H2. The molecule has 7 rings (SSSR count). The number of nitrogens with zero attached hydrogens (tertiary/aromatic N) is 2. The first-order valence-corrected chi connectivity index (χ1v) is 14.3. The number of anilines is 2. The van der Waals surface area contributed by atoms with Gasteiger partial charge >= 0.3 is 0 Å². The van der Waals surface area contributed by atoms with Crippen molar-refractivity contribution in [3.8, 4) is 5.75 Å². The Morgan fingerprint density at radius 3 is 1.78 bits per heavy atom. The van der Waals surface area contributed by atoms with Crippen LogP contribution in [0, 0.1) is 0 Å². The van der Waals surface area contributed by atoms with Crippen LogP contribution in [0.1, 0.15) is 42.4 Å². The van der Waals surface area contributed by atoms with Crippen LogP contribution in [0.25, 0.3) is 16.8 Å². The molecule has 4 aromatic carbocycles. The summed E-state index contributed by atoms with van der Waals surface area (Å²) in [6, 6.07) is 28.7. The highest BCUT2D eigenvalue weighted by Crippen LogP contribution is 2.46. The predicted octanol–water partition coefficient (Wildman–Crippen LogP) is 8.15. The van der Waals surface area contributed by atoms with Crippen LogP contribution in [0.4, 0.5) is 11.4 Å². The Balaban J connectivity index is 1.34. The molecule has 4 aromatic rings. The van der Waals surface area contributed by atoms with Crippen LogP contribution in [0.3, 0.4) is 0 Å². The van der Waals surface area contributed by atoms with E-state index < -0.39 is 5.60 Å². The van der Waals surface area contributed by atoms with Crippen LogP contribution < -0.4 is 14.5 Å². The van der Waals surface area contributed by atoms with Gasteiger partial charge in [0.2, 0.25) is 0 Å². The zero-order valence-corrected chi connectivity index (χ0v) is 22.6. The lowest BCUT2D eigenvalue weighted by Gasteiger charge is -2.37. The van der Waals surface area contributed by atoms with Crippen molar-refractivity contribution in [3.63, 3.8) is 0 Å². The fraction of sp³-hybridized carbons (Fsp3) is 0.273. The Bertz CT molecular complexity index is 1400. The van der Waals surface area contributed by atoms with Gasteiger partial charge in [0, 0.05) is 64.1 Å². The molecule has 0 radical (unpaired) electrons. The summed E-state index contributed by atoms with van der Waals surface area (Å²) in [6.45, 7) is 4.59. The Labute approximate surface area is 227 Å². The molecule has 3 aliphatic heterocycles. The lowest BCUT2D eigenvalue weighted by Crippen LogP contribution is -2.34. The van der Waals surface area contributed by atoms with E-state index in [1.807, 2.05) is 0 Å². The molecule has 0 N–H and O–H groups in total. The second-order valence-corrected chi connectivity index (χ2v) is 11.3. The lowest BCUT2D eigenvalue weighted by molar-refractivity contribution is 0.161. The highest BCUT2D eigenvalue weighted by atomic mass is 79.9. The summed E-state index contributed by atoms with van der Waals surface area (Å²) in [6.07, 6.45) is 9.63. The molecule has 2 saturated heterocycles. The van der Waals surface area contributed by atoms with Crippen LogP contribution in [0.15, 0.2) is 89.4 Å². The van der Waals surface area contributed by atoms with Gasteiger partial charge in [-0.3, -0.25) is 0 Å². The van der Waals surface area contributed by atoms with Crippen molar-refractivity contribution in [1.82, 2.24) is 0 Å². The molecule has 0 unspecified atom stereocenters. The summed E-state index contributed by atoms with van der Waals surface area (Å²) in [5, 5.41) is 2.40. The fourth-order valence-electron chi connectivity index (χ4n) is 6.27. The Hall–Kier alpha value is -3.24. The third-order valence-corrected chi connectivity index (χ3v) is 8.95. The molecule has 4 heteroatoms. The summed E-state index contributed by atoms with van der Waals surface area (Å²) in [5.74, 6) is 0.911. The highest BCUT2D eigenvalue weighted by Gasteiger charge is 2.38. The van der Waals surface area contributed by atoms with Crippen molar-refractivity contribution in [2.45, 2.75) is 31.3 Å². The largest absolute Gasteiger partial charge is 0.473 e.